The van der Waals surface area contributed by atoms with Crippen molar-refractivity contribution in [3.8, 4) is 0 Å². The predicted octanol–water partition coefficient (Wildman–Crippen LogP) is 5.47. The highest BCUT2D eigenvalue weighted by molar-refractivity contribution is 8.00. The van der Waals surface area contributed by atoms with Crippen molar-refractivity contribution in [2.24, 2.45) is 0 Å². The van der Waals surface area contributed by atoms with Gasteiger partial charge in [0.15, 0.2) is 5.13 Å². The van der Waals surface area contributed by atoms with Crippen LogP contribution in [0.1, 0.15) is 0 Å². The molecular weight excluding hydrogens is 378 g/mol. The van der Waals surface area contributed by atoms with E-state index in [1.807, 2.05) is 0 Å². The van der Waals surface area contributed by atoms with Gasteiger partial charge in [0.25, 0.3) is 0 Å². The molecule has 0 saturated carbocycles. The van der Waals surface area contributed by atoms with Crippen LogP contribution in [0.25, 0.3) is 10.2 Å². The smallest absolute Gasteiger partial charge is 0.236 e. The first-order valence-corrected chi connectivity index (χ1v) is 9.01. The van der Waals surface area contributed by atoms with E-state index in [0.717, 1.165) is 9.60 Å². The Hall–Kier alpha value is -1.34. The second-order valence-electron chi connectivity index (χ2n) is 4.52. The van der Waals surface area contributed by atoms with Gasteiger partial charge in [-0.25, -0.2) is 9.37 Å². The van der Waals surface area contributed by atoms with Gasteiger partial charge in [-0.3, -0.25) is 4.79 Å². The number of halogens is 3. The molecule has 1 amide bonds. The standard InChI is InChI=1S/C15H9Cl2FN2OS2/c16-10-5-6-11(17)14-13(10)20-15(23-14)19-12(21)7-22-9-3-1-8(18)2-4-9/h1-6H,7H2,(H,19,20,21). The van der Waals surface area contributed by atoms with Crippen molar-refractivity contribution in [2.75, 3.05) is 11.1 Å². The van der Waals surface area contributed by atoms with Crippen molar-refractivity contribution < 1.29 is 9.18 Å². The van der Waals surface area contributed by atoms with E-state index in [0.29, 0.717) is 20.7 Å². The zero-order valence-corrected chi connectivity index (χ0v) is 14.6. The van der Waals surface area contributed by atoms with Crippen LogP contribution >= 0.6 is 46.3 Å². The van der Waals surface area contributed by atoms with Crippen LogP contribution in [0, 0.1) is 5.82 Å². The van der Waals surface area contributed by atoms with E-state index in [1.54, 1.807) is 24.3 Å². The van der Waals surface area contributed by atoms with E-state index < -0.39 is 0 Å². The largest absolute Gasteiger partial charge is 0.301 e. The minimum absolute atomic E-state index is 0.197. The summed E-state index contributed by atoms with van der Waals surface area (Å²) in [5.74, 6) is -0.309. The summed E-state index contributed by atoms with van der Waals surface area (Å²) in [4.78, 5) is 17.1. The SMILES string of the molecule is O=C(CSc1ccc(F)cc1)Nc1nc2c(Cl)ccc(Cl)c2s1. The third-order valence-corrected chi connectivity index (χ3v) is 5.62. The van der Waals surface area contributed by atoms with Gasteiger partial charge in [0.2, 0.25) is 5.91 Å². The number of nitrogens with zero attached hydrogens (tertiary/aromatic N) is 1. The third kappa shape index (κ3) is 3.95. The number of fused-ring (bicyclic) bond motifs is 1. The molecule has 0 aliphatic heterocycles. The molecule has 0 atom stereocenters. The van der Waals surface area contributed by atoms with Gasteiger partial charge in [-0.2, -0.15) is 0 Å². The number of hydrogen-bond acceptors (Lipinski definition) is 4. The zero-order valence-electron chi connectivity index (χ0n) is 11.5. The Morgan fingerprint density at radius 3 is 2.57 bits per heavy atom. The number of aromatic nitrogens is 1. The van der Waals surface area contributed by atoms with Crippen molar-refractivity contribution in [1.82, 2.24) is 4.98 Å². The Kier molecular flexibility index (Phi) is 5.06. The molecular formula is C15H9Cl2FN2OS2. The number of thiazole rings is 1. The number of carbonyl (C=O) groups excluding carboxylic acids is 1. The molecule has 1 heterocycles. The summed E-state index contributed by atoms with van der Waals surface area (Å²) in [5.41, 5.74) is 0.575. The molecule has 0 fully saturated rings. The molecule has 1 N–H and O–H groups in total. The Morgan fingerprint density at radius 1 is 1.17 bits per heavy atom. The summed E-state index contributed by atoms with van der Waals surface area (Å²) < 4.78 is 13.6. The van der Waals surface area contributed by atoms with Crippen molar-refractivity contribution in [1.29, 1.82) is 0 Å². The van der Waals surface area contributed by atoms with Gasteiger partial charge in [-0.05, 0) is 36.4 Å². The fourth-order valence-corrected chi connectivity index (χ4v) is 3.97. The van der Waals surface area contributed by atoms with Crippen molar-refractivity contribution in [3.05, 3.63) is 52.3 Å². The highest BCUT2D eigenvalue weighted by atomic mass is 35.5. The number of benzene rings is 2. The molecule has 0 saturated heterocycles. The molecule has 0 bridgehead atoms. The van der Waals surface area contributed by atoms with Gasteiger partial charge in [-0.1, -0.05) is 34.5 Å². The summed E-state index contributed by atoms with van der Waals surface area (Å²) in [5, 5.41) is 4.20. The highest BCUT2D eigenvalue weighted by Gasteiger charge is 2.12. The number of rotatable bonds is 4. The van der Waals surface area contributed by atoms with Crippen LogP contribution in [-0.2, 0) is 4.79 Å². The lowest BCUT2D eigenvalue weighted by atomic mass is 10.3. The Bertz CT molecular complexity index is 829. The van der Waals surface area contributed by atoms with Gasteiger partial charge < -0.3 is 5.32 Å². The van der Waals surface area contributed by atoms with Crippen LogP contribution in [0.4, 0.5) is 9.52 Å². The van der Waals surface area contributed by atoms with Crippen LogP contribution in [0.2, 0.25) is 10.0 Å². The van der Waals surface area contributed by atoms with Gasteiger partial charge in [0.1, 0.15) is 11.3 Å². The molecule has 0 radical (unpaired) electrons. The quantitative estimate of drug-likeness (QED) is 0.604. The van der Waals surface area contributed by atoms with Crippen LogP contribution in [0.5, 0.6) is 0 Å². The van der Waals surface area contributed by atoms with E-state index in [2.05, 4.69) is 10.3 Å². The minimum atomic E-state index is -0.304. The molecule has 0 aliphatic carbocycles. The maximum absolute atomic E-state index is 12.8. The lowest BCUT2D eigenvalue weighted by Crippen LogP contribution is -2.13. The number of amides is 1. The number of carbonyl (C=O) groups is 1. The Labute approximate surface area is 149 Å². The first kappa shape index (κ1) is 16.5. The average Bonchev–Trinajstić information content (AvgIpc) is 2.95. The van der Waals surface area contributed by atoms with Crippen molar-refractivity contribution in [2.45, 2.75) is 4.90 Å². The Morgan fingerprint density at radius 2 is 1.87 bits per heavy atom. The molecule has 0 unspecified atom stereocenters. The summed E-state index contributed by atoms with van der Waals surface area (Å²) in [6, 6.07) is 9.34. The topological polar surface area (TPSA) is 42.0 Å². The molecule has 3 aromatic rings. The summed E-state index contributed by atoms with van der Waals surface area (Å²) in [6.45, 7) is 0. The van der Waals surface area contributed by atoms with Crippen LogP contribution in [-0.4, -0.2) is 16.6 Å². The molecule has 8 heteroatoms. The number of hydrogen-bond donors (Lipinski definition) is 1. The number of anilines is 1. The van der Waals surface area contributed by atoms with E-state index in [1.165, 1.54) is 35.2 Å². The number of thioether (sulfide) groups is 1. The normalized spacial score (nSPS) is 10.9. The molecule has 2 aromatic carbocycles. The molecule has 23 heavy (non-hydrogen) atoms. The summed E-state index contributed by atoms with van der Waals surface area (Å²) in [6.07, 6.45) is 0. The first-order chi connectivity index (χ1) is 11.0. The van der Waals surface area contributed by atoms with E-state index >= 15 is 0 Å². The molecule has 3 rings (SSSR count). The molecule has 0 aliphatic rings. The molecule has 0 spiro atoms. The maximum atomic E-state index is 12.8. The minimum Gasteiger partial charge on any atom is -0.301 e. The van der Waals surface area contributed by atoms with Crippen LogP contribution < -0.4 is 5.32 Å². The Balaban J connectivity index is 1.67. The van der Waals surface area contributed by atoms with E-state index in [9.17, 15) is 9.18 Å². The summed E-state index contributed by atoms with van der Waals surface area (Å²) in [7, 11) is 0. The van der Waals surface area contributed by atoms with Gasteiger partial charge in [0, 0.05) is 4.90 Å². The van der Waals surface area contributed by atoms with Crippen LogP contribution in [0.15, 0.2) is 41.3 Å². The third-order valence-electron chi connectivity index (χ3n) is 2.88. The molecule has 1 aromatic heterocycles. The zero-order chi connectivity index (χ0) is 16.4. The van der Waals surface area contributed by atoms with E-state index in [4.69, 9.17) is 23.2 Å². The molecule has 118 valence electrons. The lowest BCUT2D eigenvalue weighted by molar-refractivity contribution is -0.113. The number of nitrogens with one attached hydrogen (secondary N) is 1. The second kappa shape index (κ2) is 7.05. The maximum Gasteiger partial charge on any atom is 0.236 e. The lowest BCUT2D eigenvalue weighted by Gasteiger charge is -2.02. The van der Waals surface area contributed by atoms with Crippen LogP contribution in [0.3, 0.4) is 0 Å². The summed E-state index contributed by atoms with van der Waals surface area (Å²) >= 11 is 14.8. The first-order valence-electron chi connectivity index (χ1n) is 6.45. The monoisotopic (exact) mass is 386 g/mol. The fraction of sp³-hybridized carbons (Fsp3) is 0.0667. The average molecular weight is 387 g/mol. The molecule has 3 nitrogen and oxygen atoms in total. The van der Waals surface area contributed by atoms with Gasteiger partial charge >= 0.3 is 0 Å². The van der Waals surface area contributed by atoms with Gasteiger partial charge in [0.05, 0.1) is 20.5 Å². The fourth-order valence-electron chi connectivity index (χ4n) is 1.83. The second-order valence-corrected chi connectivity index (χ2v) is 7.38. The van der Waals surface area contributed by atoms with E-state index in [-0.39, 0.29) is 17.5 Å². The van der Waals surface area contributed by atoms with Gasteiger partial charge in [-0.15, -0.1) is 11.8 Å². The van der Waals surface area contributed by atoms with Crippen molar-refractivity contribution in [3.63, 3.8) is 0 Å². The highest BCUT2D eigenvalue weighted by Crippen LogP contribution is 2.36. The predicted molar refractivity (Wildman–Crippen MR) is 95.4 cm³/mol. The van der Waals surface area contributed by atoms with Crippen molar-refractivity contribution >= 4 is 67.6 Å².